The summed E-state index contributed by atoms with van der Waals surface area (Å²) in [6, 6.07) is 9.15. The first kappa shape index (κ1) is 16.7. The molecular formula is C16H12N2O6S. The van der Waals surface area contributed by atoms with Gasteiger partial charge in [-0.25, -0.2) is 4.79 Å². The lowest BCUT2D eigenvalue weighted by Gasteiger charge is -2.07. The van der Waals surface area contributed by atoms with Gasteiger partial charge in [0.15, 0.2) is 5.76 Å². The highest BCUT2D eigenvalue weighted by molar-refractivity contribution is 7.13. The molecule has 0 spiro atoms. The summed E-state index contributed by atoms with van der Waals surface area (Å²) in [5.74, 6) is 0.0187. The summed E-state index contributed by atoms with van der Waals surface area (Å²) in [5, 5.41) is 16.6. The molecular weight excluding hydrogens is 348 g/mol. The smallest absolute Gasteiger partial charge is 0.342 e. The van der Waals surface area contributed by atoms with Crippen LogP contribution in [0.3, 0.4) is 0 Å². The molecule has 3 rings (SSSR count). The van der Waals surface area contributed by atoms with Gasteiger partial charge in [0.1, 0.15) is 23.6 Å². The third-order valence-electron chi connectivity index (χ3n) is 3.29. The molecule has 0 aliphatic rings. The third kappa shape index (κ3) is 3.66. The Morgan fingerprint density at radius 2 is 2.20 bits per heavy atom. The monoisotopic (exact) mass is 360 g/mol. The Balaban J connectivity index is 1.72. The number of non-ortho nitro benzene ring substituents is 1. The van der Waals surface area contributed by atoms with E-state index in [2.05, 4.69) is 5.16 Å². The number of hydrogen-bond acceptors (Lipinski definition) is 8. The van der Waals surface area contributed by atoms with E-state index in [1.807, 2.05) is 17.5 Å². The van der Waals surface area contributed by atoms with Gasteiger partial charge in [0.25, 0.3) is 5.69 Å². The van der Waals surface area contributed by atoms with Gasteiger partial charge in [-0.1, -0.05) is 11.2 Å². The fourth-order valence-corrected chi connectivity index (χ4v) is 2.77. The largest absolute Gasteiger partial charge is 0.496 e. The molecule has 9 heteroatoms. The second-order valence-corrected chi connectivity index (χ2v) is 5.83. The van der Waals surface area contributed by atoms with Crippen molar-refractivity contribution in [2.24, 2.45) is 0 Å². The van der Waals surface area contributed by atoms with Crippen molar-refractivity contribution in [1.82, 2.24) is 5.16 Å². The summed E-state index contributed by atoms with van der Waals surface area (Å²) in [5.41, 5.74) is 0.175. The normalized spacial score (nSPS) is 10.4. The maximum Gasteiger partial charge on any atom is 0.342 e. The molecule has 0 N–H and O–H groups in total. The number of carbonyl (C=O) groups excluding carboxylic acids is 1. The first-order chi connectivity index (χ1) is 12.1. The molecule has 2 heterocycles. The minimum absolute atomic E-state index is 0.0290. The number of esters is 1. The highest BCUT2D eigenvalue weighted by Gasteiger charge is 2.19. The molecule has 0 saturated carbocycles. The Bertz CT molecular complexity index is 903. The van der Waals surface area contributed by atoms with Crippen LogP contribution in [0.15, 0.2) is 46.3 Å². The number of rotatable bonds is 6. The van der Waals surface area contributed by atoms with E-state index in [1.54, 1.807) is 6.07 Å². The Morgan fingerprint density at radius 1 is 1.36 bits per heavy atom. The van der Waals surface area contributed by atoms with E-state index < -0.39 is 10.9 Å². The van der Waals surface area contributed by atoms with Gasteiger partial charge in [-0.2, -0.15) is 0 Å². The van der Waals surface area contributed by atoms with Crippen molar-refractivity contribution in [3.05, 3.63) is 63.1 Å². The molecule has 0 saturated heterocycles. The molecule has 0 atom stereocenters. The molecule has 0 fully saturated rings. The molecule has 1 aromatic carbocycles. The maximum absolute atomic E-state index is 12.2. The summed E-state index contributed by atoms with van der Waals surface area (Å²) in [6.07, 6.45) is 0. The van der Waals surface area contributed by atoms with E-state index in [0.717, 1.165) is 10.9 Å². The van der Waals surface area contributed by atoms with Gasteiger partial charge >= 0.3 is 5.97 Å². The molecule has 0 unspecified atom stereocenters. The Hall–Kier alpha value is -3.20. The lowest BCUT2D eigenvalue weighted by atomic mass is 10.2. The Kier molecular flexibility index (Phi) is 4.75. The van der Waals surface area contributed by atoms with Crippen LogP contribution in [0.1, 0.15) is 16.1 Å². The van der Waals surface area contributed by atoms with E-state index in [1.165, 1.54) is 30.6 Å². The van der Waals surface area contributed by atoms with Crippen LogP contribution in [0.2, 0.25) is 0 Å². The highest BCUT2D eigenvalue weighted by Crippen LogP contribution is 2.27. The van der Waals surface area contributed by atoms with Crippen LogP contribution in [0.5, 0.6) is 5.75 Å². The Morgan fingerprint density at radius 3 is 2.88 bits per heavy atom. The van der Waals surface area contributed by atoms with Gasteiger partial charge in [0.2, 0.25) is 0 Å². The van der Waals surface area contributed by atoms with E-state index in [-0.39, 0.29) is 23.6 Å². The Labute approximate surface area is 145 Å². The van der Waals surface area contributed by atoms with Crippen LogP contribution in [-0.2, 0) is 11.3 Å². The van der Waals surface area contributed by atoms with Crippen molar-refractivity contribution in [2.75, 3.05) is 7.11 Å². The number of hydrogen-bond donors (Lipinski definition) is 0. The van der Waals surface area contributed by atoms with Crippen molar-refractivity contribution in [2.45, 2.75) is 6.61 Å². The molecule has 0 aliphatic heterocycles. The van der Waals surface area contributed by atoms with Crippen LogP contribution >= 0.6 is 11.3 Å². The summed E-state index contributed by atoms with van der Waals surface area (Å²) in [4.78, 5) is 23.4. The maximum atomic E-state index is 12.2. The molecule has 3 aromatic rings. The van der Waals surface area contributed by atoms with E-state index in [9.17, 15) is 14.9 Å². The molecule has 0 radical (unpaired) electrons. The van der Waals surface area contributed by atoms with E-state index in [4.69, 9.17) is 14.0 Å². The molecule has 8 nitrogen and oxygen atoms in total. The lowest BCUT2D eigenvalue weighted by Crippen LogP contribution is -2.08. The zero-order chi connectivity index (χ0) is 17.8. The van der Waals surface area contributed by atoms with E-state index in [0.29, 0.717) is 11.5 Å². The highest BCUT2D eigenvalue weighted by atomic mass is 32.1. The average Bonchev–Trinajstić information content (AvgIpc) is 3.30. The van der Waals surface area contributed by atoms with Crippen molar-refractivity contribution in [3.8, 4) is 16.4 Å². The summed E-state index contributed by atoms with van der Waals surface area (Å²) in [6.45, 7) is -0.125. The molecule has 128 valence electrons. The van der Waals surface area contributed by atoms with Gasteiger partial charge < -0.3 is 14.0 Å². The number of carbonyl (C=O) groups is 1. The molecule has 2 aromatic heterocycles. The standard InChI is InChI=1S/C16H12N2O6S/c1-22-13-5-4-11(18(20)21)8-12(13)16(19)23-9-10-7-14(24-17-10)15-3-2-6-25-15/h2-8H,9H2,1H3. The van der Waals surface area contributed by atoms with Crippen molar-refractivity contribution < 1.29 is 23.7 Å². The number of nitro benzene ring substituents is 1. The van der Waals surface area contributed by atoms with Gasteiger partial charge in [-0.15, -0.1) is 11.3 Å². The molecule has 25 heavy (non-hydrogen) atoms. The minimum atomic E-state index is -0.749. The lowest BCUT2D eigenvalue weighted by molar-refractivity contribution is -0.384. The van der Waals surface area contributed by atoms with E-state index >= 15 is 0 Å². The van der Waals surface area contributed by atoms with Gasteiger partial charge in [0, 0.05) is 18.2 Å². The van der Waals surface area contributed by atoms with Gasteiger partial charge in [-0.05, 0) is 17.5 Å². The zero-order valence-electron chi connectivity index (χ0n) is 13.0. The van der Waals surface area contributed by atoms with Crippen LogP contribution in [0, 0.1) is 10.1 Å². The van der Waals surface area contributed by atoms with Gasteiger partial charge in [0.05, 0.1) is 16.9 Å². The van der Waals surface area contributed by atoms with Crippen LogP contribution in [-0.4, -0.2) is 23.2 Å². The van der Waals surface area contributed by atoms with Crippen LogP contribution in [0.25, 0.3) is 10.6 Å². The van der Waals surface area contributed by atoms with Crippen molar-refractivity contribution in [3.63, 3.8) is 0 Å². The number of methoxy groups -OCH3 is 1. The second kappa shape index (κ2) is 7.14. The first-order valence-electron chi connectivity index (χ1n) is 7.07. The molecule has 0 aliphatic carbocycles. The number of aromatic nitrogens is 1. The second-order valence-electron chi connectivity index (χ2n) is 4.88. The number of thiophene rings is 1. The first-order valence-corrected chi connectivity index (χ1v) is 7.95. The van der Waals surface area contributed by atoms with Crippen molar-refractivity contribution in [1.29, 1.82) is 0 Å². The van der Waals surface area contributed by atoms with Crippen molar-refractivity contribution >= 4 is 23.0 Å². The summed E-state index contributed by atoms with van der Waals surface area (Å²) < 4.78 is 15.4. The quantitative estimate of drug-likeness (QED) is 0.375. The minimum Gasteiger partial charge on any atom is -0.496 e. The van der Waals surface area contributed by atoms with Crippen LogP contribution in [0.4, 0.5) is 5.69 Å². The predicted molar refractivity (Wildman–Crippen MR) is 88.6 cm³/mol. The fourth-order valence-electron chi connectivity index (χ4n) is 2.10. The zero-order valence-corrected chi connectivity index (χ0v) is 13.8. The summed E-state index contributed by atoms with van der Waals surface area (Å²) >= 11 is 1.50. The fraction of sp³-hybridized carbons (Fsp3) is 0.125. The predicted octanol–water partition coefficient (Wildman–Crippen LogP) is 3.68. The number of nitro groups is 1. The summed E-state index contributed by atoms with van der Waals surface area (Å²) in [7, 11) is 1.36. The topological polar surface area (TPSA) is 105 Å². The SMILES string of the molecule is COc1ccc([N+](=O)[O-])cc1C(=O)OCc1cc(-c2cccs2)on1. The number of nitrogens with zero attached hydrogens (tertiary/aromatic N) is 2. The number of benzene rings is 1. The molecule has 0 bridgehead atoms. The van der Waals surface area contributed by atoms with Crippen LogP contribution < -0.4 is 4.74 Å². The number of ether oxygens (including phenoxy) is 2. The molecule has 0 amide bonds. The average molecular weight is 360 g/mol. The third-order valence-corrected chi connectivity index (χ3v) is 4.17. The van der Waals surface area contributed by atoms with Gasteiger partial charge in [-0.3, -0.25) is 10.1 Å².